The van der Waals surface area contributed by atoms with E-state index in [9.17, 15) is 4.79 Å². The molecule has 2 aliphatic rings. The van der Waals surface area contributed by atoms with Crippen molar-refractivity contribution in [2.45, 2.75) is 26.2 Å². The molecule has 3 rings (SSSR count). The van der Waals surface area contributed by atoms with Gasteiger partial charge < -0.3 is 15.1 Å². The van der Waals surface area contributed by atoms with Crippen molar-refractivity contribution < 1.29 is 4.79 Å². The van der Waals surface area contributed by atoms with Gasteiger partial charge in [-0.15, -0.1) is 11.3 Å². The van der Waals surface area contributed by atoms with Crippen LogP contribution in [0.25, 0.3) is 0 Å². The normalized spacial score (nSPS) is 26.9. The molecule has 0 bridgehead atoms. The fourth-order valence-electron chi connectivity index (χ4n) is 3.41. The molecular weight excluding hydrogens is 284 g/mol. The Labute approximate surface area is 130 Å². The minimum absolute atomic E-state index is 0.165. The van der Waals surface area contributed by atoms with Gasteiger partial charge in [-0.25, -0.2) is 4.98 Å². The first-order chi connectivity index (χ1) is 10.2. The first-order valence-corrected chi connectivity index (χ1v) is 8.78. The van der Waals surface area contributed by atoms with Crippen molar-refractivity contribution in [1.29, 1.82) is 0 Å². The van der Waals surface area contributed by atoms with Crippen LogP contribution in [0, 0.1) is 5.41 Å². The van der Waals surface area contributed by atoms with Crippen LogP contribution in [0.4, 0.5) is 5.13 Å². The third kappa shape index (κ3) is 2.92. The van der Waals surface area contributed by atoms with Crippen LogP contribution in [0.2, 0.25) is 0 Å². The van der Waals surface area contributed by atoms with Gasteiger partial charge in [0.05, 0.1) is 5.41 Å². The van der Waals surface area contributed by atoms with Crippen LogP contribution in [-0.2, 0) is 4.79 Å². The summed E-state index contributed by atoms with van der Waals surface area (Å²) in [5.41, 5.74) is -0.165. The summed E-state index contributed by atoms with van der Waals surface area (Å²) in [6.45, 7) is 7.47. The second-order valence-electron chi connectivity index (χ2n) is 6.01. The summed E-state index contributed by atoms with van der Waals surface area (Å²) in [5.74, 6) is 0.357. The van der Waals surface area contributed by atoms with E-state index in [-0.39, 0.29) is 5.41 Å². The van der Waals surface area contributed by atoms with Gasteiger partial charge in [-0.1, -0.05) is 6.92 Å². The first kappa shape index (κ1) is 14.8. The molecule has 6 heteroatoms. The second-order valence-corrected chi connectivity index (χ2v) is 6.88. The molecule has 1 N–H and O–H groups in total. The lowest BCUT2D eigenvalue weighted by molar-refractivity contribution is -0.144. The Kier molecular flexibility index (Phi) is 4.45. The van der Waals surface area contributed by atoms with Gasteiger partial charge in [0.1, 0.15) is 0 Å². The number of carbonyl (C=O) groups excluding carboxylic acids is 1. The molecule has 0 aromatic carbocycles. The van der Waals surface area contributed by atoms with Crippen molar-refractivity contribution in [3.63, 3.8) is 0 Å². The predicted octanol–water partition coefficient (Wildman–Crippen LogP) is 1.57. The number of piperazine rings is 1. The highest BCUT2D eigenvalue weighted by molar-refractivity contribution is 7.13. The Morgan fingerprint density at radius 3 is 2.81 bits per heavy atom. The van der Waals surface area contributed by atoms with Gasteiger partial charge in [-0.2, -0.15) is 0 Å². The molecular formula is C15H24N4OS. The maximum Gasteiger partial charge on any atom is 0.230 e. The number of rotatable bonds is 3. The summed E-state index contributed by atoms with van der Waals surface area (Å²) in [5, 5.41) is 6.49. The van der Waals surface area contributed by atoms with Gasteiger partial charge in [-0.05, 0) is 25.8 Å². The van der Waals surface area contributed by atoms with Gasteiger partial charge in [-0.3, -0.25) is 4.79 Å². The quantitative estimate of drug-likeness (QED) is 0.921. The molecule has 0 aliphatic carbocycles. The number of anilines is 1. The summed E-state index contributed by atoms with van der Waals surface area (Å²) in [7, 11) is 0. The Morgan fingerprint density at radius 1 is 1.43 bits per heavy atom. The highest BCUT2D eigenvalue weighted by Gasteiger charge is 2.41. The van der Waals surface area contributed by atoms with Crippen LogP contribution >= 0.6 is 11.3 Å². The topological polar surface area (TPSA) is 48.5 Å². The molecule has 3 heterocycles. The van der Waals surface area contributed by atoms with Crippen molar-refractivity contribution in [2.24, 2.45) is 5.41 Å². The second kappa shape index (κ2) is 6.32. The molecule has 1 amide bonds. The highest BCUT2D eigenvalue weighted by Crippen LogP contribution is 2.33. The van der Waals surface area contributed by atoms with E-state index in [1.54, 1.807) is 11.3 Å². The zero-order valence-corrected chi connectivity index (χ0v) is 13.5. The molecule has 0 spiro atoms. The van der Waals surface area contributed by atoms with Crippen molar-refractivity contribution in [2.75, 3.05) is 44.2 Å². The minimum Gasteiger partial charge on any atom is -0.345 e. The van der Waals surface area contributed by atoms with E-state index in [0.717, 1.165) is 63.7 Å². The lowest BCUT2D eigenvalue weighted by Gasteiger charge is -2.42. The van der Waals surface area contributed by atoms with E-state index < -0.39 is 0 Å². The predicted molar refractivity (Wildman–Crippen MR) is 85.7 cm³/mol. The van der Waals surface area contributed by atoms with Crippen LogP contribution in [0.1, 0.15) is 26.2 Å². The fraction of sp³-hybridized carbons (Fsp3) is 0.733. The monoisotopic (exact) mass is 308 g/mol. The largest absolute Gasteiger partial charge is 0.345 e. The number of carbonyl (C=O) groups is 1. The number of nitrogens with one attached hydrogen (secondary N) is 1. The van der Waals surface area contributed by atoms with Crippen molar-refractivity contribution in [3.05, 3.63) is 11.6 Å². The van der Waals surface area contributed by atoms with E-state index in [0.29, 0.717) is 5.91 Å². The SMILES string of the molecule is CCC1(C(=O)N2CCN(c3nccs3)CC2)CCCNC1. The summed E-state index contributed by atoms with van der Waals surface area (Å²) >= 11 is 1.67. The van der Waals surface area contributed by atoms with E-state index in [4.69, 9.17) is 0 Å². The van der Waals surface area contributed by atoms with Crippen molar-refractivity contribution in [3.8, 4) is 0 Å². The van der Waals surface area contributed by atoms with Crippen LogP contribution in [0.15, 0.2) is 11.6 Å². The number of hydrogen-bond donors (Lipinski definition) is 1. The molecule has 2 saturated heterocycles. The van der Waals surface area contributed by atoms with Gasteiger partial charge in [0.15, 0.2) is 5.13 Å². The smallest absolute Gasteiger partial charge is 0.230 e. The van der Waals surface area contributed by atoms with Crippen LogP contribution in [-0.4, -0.2) is 55.1 Å². The Hall–Kier alpha value is -1.14. The molecule has 1 aromatic rings. The average molecular weight is 308 g/mol. The third-order valence-corrected chi connectivity index (χ3v) is 5.69. The number of amides is 1. The molecule has 2 fully saturated rings. The maximum absolute atomic E-state index is 13.0. The lowest BCUT2D eigenvalue weighted by Crippen LogP contribution is -2.56. The van der Waals surface area contributed by atoms with E-state index >= 15 is 0 Å². The summed E-state index contributed by atoms with van der Waals surface area (Å²) in [6.07, 6.45) is 4.92. The van der Waals surface area contributed by atoms with E-state index in [1.807, 2.05) is 11.6 Å². The Morgan fingerprint density at radius 2 is 2.24 bits per heavy atom. The van der Waals surface area contributed by atoms with Crippen LogP contribution < -0.4 is 10.2 Å². The molecule has 2 aliphatic heterocycles. The number of aromatic nitrogens is 1. The minimum atomic E-state index is -0.165. The molecule has 116 valence electrons. The molecule has 0 saturated carbocycles. The molecule has 1 aromatic heterocycles. The Balaban J connectivity index is 1.62. The van der Waals surface area contributed by atoms with E-state index in [2.05, 4.69) is 27.0 Å². The zero-order chi connectivity index (χ0) is 14.7. The van der Waals surface area contributed by atoms with E-state index in [1.165, 1.54) is 0 Å². The van der Waals surface area contributed by atoms with Gasteiger partial charge in [0.25, 0.3) is 0 Å². The number of thiazole rings is 1. The molecule has 1 unspecified atom stereocenters. The number of hydrogen-bond acceptors (Lipinski definition) is 5. The average Bonchev–Trinajstić information content (AvgIpc) is 3.09. The van der Waals surface area contributed by atoms with Gasteiger partial charge in [0.2, 0.25) is 5.91 Å². The molecule has 0 radical (unpaired) electrons. The zero-order valence-electron chi connectivity index (χ0n) is 12.7. The summed E-state index contributed by atoms with van der Waals surface area (Å²) < 4.78 is 0. The summed E-state index contributed by atoms with van der Waals surface area (Å²) in [6, 6.07) is 0. The maximum atomic E-state index is 13.0. The van der Waals surface area contributed by atoms with Gasteiger partial charge >= 0.3 is 0 Å². The first-order valence-electron chi connectivity index (χ1n) is 7.90. The summed E-state index contributed by atoms with van der Waals surface area (Å²) in [4.78, 5) is 21.7. The standard InChI is InChI=1S/C15H24N4OS/c1-2-15(4-3-5-16-12-15)13(20)18-7-9-19(10-8-18)14-17-6-11-21-14/h6,11,16H,2-5,7-10,12H2,1H3. The number of nitrogens with zero attached hydrogens (tertiary/aromatic N) is 3. The highest BCUT2D eigenvalue weighted by atomic mass is 32.1. The lowest BCUT2D eigenvalue weighted by atomic mass is 9.77. The van der Waals surface area contributed by atoms with Crippen molar-refractivity contribution in [1.82, 2.24) is 15.2 Å². The van der Waals surface area contributed by atoms with Crippen LogP contribution in [0.5, 0.6) is 0 Å². The molecule has 1 atom stereocenters. The Bertz CT molecular complexity index is 462. The van der Waals surface area contributed by atoms with Crippen LogP contribution in [0.3, 0.4) is 0 Å². The van der Waals surface area contributed by atoms with Crippen molar-refractivity contribution >= 4 is 22.4 Å². The van der Waals surface area contributed by atoms with Gasteiger partial charge in [0, 0.05) is 44.3 Å². The number of piperidine rings is 1. The fourth-order valence-corrected chi connectivity index (χ4v) is 4.11. The molecule has 5 nitrogen and oxygen atoms in total. The molecule has 21 heavy (non-hydrogen) atoms. The third-order valence-electron chi connectivity index (χ3n) is 4.86.